The summed E-state index contributed by atoms with van der Waals surface area (Å²) in [6, 6.07) is 11.7. The maximum Gasteiger partial charge on any atom is 0.253 e. The maximum atomic E-state index is 12.9. The van der Waals surface area contributed by atoms with Gasteiger partial charge >= 0.3 is 0 Å². The number of carbonyl (C=O) groups is 2. The van der Waals surface area contributed by atoms with Gasteiger partial charge in [0.05, 0.1) is 10.6 Å². The minimum atomic E-state index is -3.72. The molecule has 0 spiro atoms. The number of Topliss-reactive ketones (excluding diaryl/α,β-unsaturated/α-hetero) is 1. The number of rotatable bonds is 6. The topological polar surface area (TPSA) is 96.4 Å². The van der Waals surface area contributed by atoms with Crippen molar-refractivity contribution in [1.82, 2.24) is 9.29 Å². The van der Waals surface area contributed by atoms with E-state index in [1.807, 2.05) is 30.3 Å². The lowest BCUT2D eigenvalue weighted by Gasteiger charge is -2.22. The third-order valence-electron chi connectivity index (χ3n) is 4.79. The summed E-state index contributed by atoms with van der Waals surface area (Å²) in [6.07, 6.45) is 1.04. The van der Waals surface area contributed by atoms with Crippen molar-refractivity contribution in [2.75, 3.05) is 11.9 Å². The molecule has 1 aromatic carbocycles. The van der Waals surface area contributed by atoms with Crippen molar-refractivity contribution in [2.45, 2.75) is 30.0 Å². The first-order valence-corrected chi connectivity index (χ1v) is 12.4. The molecule has 1 atom stereocenters. The Morgan fingerprint density at radius 1 is 1.17 bits per heavy atom. The molecule has 1 N–H and O–H groups in total. The van der Waals surface area contributed by atoms with Gasteiger partial charge in [-0.25, -0.2) is 13.4 Å². The van der Waals surface area contributed by atoms with E-state index in [1.165, 1.54) is 11.2 Å². The Hall–Kier alpha value is -2.40. The highest BCUT2D eigenvalue weighted by Crippen LogP contribution is 2.33. The van der Waals surface area contributed by atoms with Crippen LogP contribution in [0, 0.1) is 0 Å². The van der Waals surface area contributed by atoms with Crippen molar-refractivity contribution in [3.05, 3.63) is 52.7 Å². The van der Waals surface area contributed by atoms with Gasteiger partial charge in [0.15, 0.2) is 10.9 Å². The zero-order chi connectivity index (χ0) is 21.3. The molecule has 1 aliphatic rings. The number of hydrogen-bond acceptors (Lipinski definition) is 7. The van der Waals surface area contributed by atoms with Crippen molar-refractivity contribution in [3.63, 3.8) is 0 Å². The van der Waals surface area contributed by atoms with Crippen LogP contribution >= 0.6 is 22.7 Å². The fourth-order valence-electron chi connectivity index (χ4n) is 3.41. The van der Waals surface area contributed by atoms with Crippen LogP contribution < -0.4 is 5.32 Å². The van der Waals surface area contributed by atoms with Crippen molar-refractivity contribution in [3.8, 4) is 11.3 Å². The molecule has 4 rings (SSSR count). The lowest BCUT2D eigenvalue weighted by molar-refractivity contribution is -0.119. The van der Waals surface area contributed by atoms with Crippen LogP contribution in [0.25, 0.3) is 11.3 Å². The van der Waals surface area contributed by atoms with Crippen molar-refractivity contribution in [2.24, 2.45) is 0 Å². The quantitative estimate of drug-likeness (QED) is 0.562. The van der Waals surface area contributed by atoms with Gasteiger partial charge in [0.1, 0.15) is 10.3 Å². The Morgan fingerprint density at radius 3 is 2.60 bits per heavy atom. The summed E-state index contributed by atoms with van der Waals surface area (Å²) in [5.74, 6) is -0.578. The number of anilines is 1. The molecule has 1 fully saturated rings. The van der Waals surface area contributed by atoms with Crippen LogP contribution in [0.5, 0.6) is 0 Å². The molecule has 3 heterocycles. The lowest BCUT2D eigenvalue weighted by Crippen LogP contribution is -2.42. The second kappa shape index (κ2) is 8.38. The van der Waals surface area contributed by atoms with E-state index >= 15 is 0 Å². The number of thiazole rings is 1. The van der Waals surface area contributed by atoms with Gasteiger partial charge in [-0.05, 0) is 24.3 Å². The van der Waals surface area contributed by atoms with Crippen LogP contribution in [-0.2, 0) is 14.8 Å². The SMILES string of the molecule is CC(=O)c1sc(NC(=O)[C@H]2CCCN2S(=O)(=O)c2cccs2)nc1-c1ccccc1. The third-order valence-corrected chi connectivity index (χ3v) is 9.14. The van der Waals surface area contributed by atoms with Gasteiger partial charge in [-0.3, -0.25) is 9.59 Å². The van der Waals surface area contributed by atoms with Crippen molar-refractivity contribution in [1.29, 1.82) is 0 Å². The number of nitrogens with one attached hydrogen (secondary N) is 1. The molecule has 1 amide bonds. The normalized spacial score (nSPS) is 17.2. The van der Waals surface area contributed by atoms with E-state index < -0.39 is 22.0 Å². The van der Waals surface area contributed by atoms with Crippen LogP contribution in [0.3, 0.4) is 0 Å². The highest BCUT2D eigenvalue weighted by Gasteiger charge is 2.40. The van der Waals surface area contributed by atoms with Crippen LogP contribution in [0.1, 0.15) is 29.4 Å². The van der Waals surface area contributed by atoms with E-state index in [0.717, 1.165) is 28.2 Å². The van der Waals surface area contributed by atoms with Crippen molar-refractivity contribution >= 4 is 49.5 Å². The van der Waals surface area contributed by atoms with Gasteiger partial charge in [0.2, 0.25) is 5.91 Å². The molecular formula is C20H19N3O4S3. The fraction of sp³-hybridized carbons (Fsp3) is 0.250. The van der Waals surface area contributed by atoms with Gasteiger partial charge < -0.3 is 5.32 Å². The van der Waals surface area contributed by atoms with Gasteiger partial charge in [-0.1, -0.05) is 47.7 Å². The number of carbonyl (C=O) groups excluding carboxylic acids is 2. The van der Waals surface area contributed by atoms with Gasteiger partial charge in [0.25, 0.3) is 10.0 Å². The first-order chi connectivity index (χ1) is 14.4. The van der Waals surface area contributed by atoms with Gasteiger partial charge in [-0.2, -0.15) is 4.31 Å². The number of aromatic nitrogens is 1. The summed E-state index contributed by atoms with van der Waals surface area (Å²) in [4.78, 5) is 29.9. The zero-order valence-electron chi connectivity index (χ0n) is 16.1. The predicted octanol–water partition coefficient (Wildman–Crippen LogP) is 3.87. The van der Waals surface area contributed by atoms with Crippen LogP contribution in [0.15, 0.2) is 52.1 Å². The fourth-order valence-corrected chi connectivity index (χ4v) is 7.07. The predicted molar refractivity (Wildman–Crippen MR) is 117 cm³/mol. The molecule has 3 aromatic rings. The molecule has 7 nitrogen and oxygen atoms in total. The summed E-state index contributed by atoms with van der Waals surface area (Å²) in [7, 11) is -3.72. The summed E-state index contributed by atoms with van der Waals surface area (Å²) < 4.78 is 27.3. The molecular weight excluding hydrogens is 442 g/mol. The molecule has 0 unspecified atom stereocenters. The number of ketones is 1. The Bertz CT molecular complexity index is 1170. The van der Waals surface area contributed by atoms with Crippen molar-refractivity contribution < 1.29 is 18.0 Å². The van der Waals surface area contributed by atoms with Crippen LogP contribution in [0.4, 0.5) is 5.13 Å². The minimum absolute atomic E-state index is 0.144. The van der Waals surface area contributed by atoms with Gasteiger partial charge in [-0.15, -0.1) is 11.3 Å². The van der Waals surface area contributed by atoms with E-state index in [9.17, 15) is 18.0 Å². The summed E-state index contributed by atoms with van der Waals surface area (Å²) >= 11 is 2.23. The average molecular weight is 462 g/mol. The second-order valence-corrected chi connectivity index (χ2v) is 10.9. The van der Waals surface area contributed by atoms with Gasteiger partial charge in [0, 0.05) is 19.0 Å². The Kier molecular flexibility index (Phi) is 5.83. The molecule has 0 saturated carbocycles. The molecule has 10 heteroatoms. The van der Waals surface area contributed by atoms with E-state index in [1.54, 1.807) is 17.5 Å². The molecule has 0 aliphatic carbocycles. The number of sulfonamides is 1. The number of thiophene rings is 1. The first kappa shape index (κ1) is 20.9. The monoisotopic (exact) mass is 461 g/mol. The number of amides is 1. The molecule has 1 aliphatic heterocycles. The van der Waals surface area contributed by atoms with E-state index in [0.29, 0.717) is 30.0 Å². The smallest absolute Gasteiger partial charge is 0.253 e. The van der Waals surface area contributed by atoms with Crippen LogP contribution in [-0.4, -0.2) is 42.0 Å². The molecule has 30 heavy (non-hydrogen) atoms. The first-order valence-electron chi connectivity index (χ1n) is 9.31. The molecule has 156 valence electrons. The average Bonchev–Trinajstić information content (AvgIpc) is 3.48. The summed E-state index contributed by atoms with van der Waals surface area (Å²) in [5, 5.41) is 4.71. The largest absolute Gasteiger partial charge is 0.301 e. The third kappa shape index (κ3) is 3.95. The van der Waals surface area contributed by atoms with E-state index in [4.69, 9.17) is 0 Å². The Morgan fingerprint density at radius 2 is 1.93 bits per heavy atom. The molecule has 0 bridgehead atoms. The number of nitrogens with zero attached hydrogens (tertiary/aromatic N) is 2. The standard InChI is InChI=1S/C20H19N3O4S3/c1-13(24)18-17(14-7-3-2-4-8-14)21-20(29-18)22-19(25)15-9-5-11-23(15)30(26,27)16-10-6-12-28-16/h2-4,6-8,10,12,15H,5,9,11H2,1H3,(H,21,22,25)/t15-/m1/s1. The Balaban J connectivity index is 1.59. The minimum Gasteiger partial charge on any atom is -0.301 e. The molecule has 1 saturated heterocycles. The highest BCUT2D eigenvalue weighted by atomic mass is 32.2. The summed E-state index contributed by atoms with van der Waals surface area (Å²) in [5.41, 5.74) is 1.29. The van der Waals surface area contributed by atoms with E-state index in [2.05, 4.69) is 10.3 Å². The zero-order valence-corrected chi connectivity index (χ0v) is 18.5. The second-order valence-electron chi connectivity index (χ2n) is 6.81. The van der Waals surface area contributed by atoms with E-state index in [-0.39, 0.29) is 15.1 Å². The molecule has 2 aromatic heterocycles. The number of benzene rings is 1. The maximum absolute atomic E-state index is 12.9. The number of hydrogen-bond donors (Lipinski definition) is 1. The molecule has 0 radical (unpaired) electrons. The highest BCUT2D eigenvalue weighted by molar-refractivity contribution is 7.91. The lowest BCUT2D eigenvalue weighted by atomic mass is 10.1. The van der Waals surface area contributed by atoms with Crippen LogP contribution in [0.2, 0.25) is 0 Å². The Labute approximate surface area is 182 Å². The summed E-state index contributed by atoms with van der Waals surface area (Å²) in [6.45, 7) is 1.75.